The maximum absolute atomic E-state index is 12.8. The molecule has 26 heavy (non-hydrogen) atoms. The van der Waals surface area contributed by atoms with E-state index in [0.717, 1.165) is 26.3 Å². The van der Waals surface area contributed by atoms with Gasteiger partial charge in [0.1, 0.15) is 5.01 Å². The Morgan fingerprint density at radius 3 is 2.73 bits per heavy atom. The Balaban J connectivity index is 1.90. The van der Waals surface area contributed by atoms with Crippen molar-refractivity contribution in [3.63, 3.8) is 0 Å². The minimum atomic E-state index is -0.113. The molecule has 1 N–H and O–H groups in total. The lowest BCUT2D eigenvalue weighted by Crippen LogP contribution is -2.42. The van der Waals surface area contributed by atoms with Gasteiger partial charge in [-0.25, -0.2) is 9.78 Å². The maximum atomic E-state index is 12.8. The molecular formula is C20H20BrN3OS. The van der Waals surface area contributed by atoms with E-state index in [2.05, 4.69) is 32.3 Å². The van der Waals surface area contributed by atoms with Gasteiger partial charge in [0.25, 0.3) is 0 Å². The van der Waals surface area contributed by atoms with Gasteiger partial charge < -0.3 is 5.32 Å². The summed E-state index contributed by atoms with van der Waals surface area (Å²) in [5, 5.41) is 5.93. The first-order chi connectivity index (χ1) is 12.5. The van der Waals surface area contributed by atoms with Crippen LogP contribution in [0.3, 0.4) is 0 Å². The number of carbonyl (C=O) groups is 1. The average molecular weight is 430 g/mol. The molecule has 1 aromatic heterocycles. The molecule has 0 atom stereocenters. The minimum absolute atomic E-state index is 0.0683. The summed E-state index contributed by atoms with van der Waals surface area (Å²) in [6.45, 7) is 4.40. The van der Waals surface area contributed by atoms with E-state index in [1.54, 1.807) is 22.4 Å². The van der Waals surface area contributed by atoms with Gasteiger partial charge in [0.2, 0.25) is 0 Å². The zero-order chi connectivity index (χ0) is 18.5. The number of urea groups is 1. The van der Waals surface area contributed by atoms with Gasteiger partial charge in [-0.3, -0.25) is 4.90 Å². The molecule has 3 aromatic rings. The number of thiazole rings is 1. The lowest BCUT2D eigenvalue weighted by molar-refractivity contribution is 0.243. The third kappa shape index (κ3) is 4.71. The van der Waals surface area contributed by atoms with Crippen LogP contribution in [-0.4, -0.2) is 17.1 Å². The number of amides is 2. The number of benzene rings is 2. The van der Waals surface area contributed by atoms with Crippen LogP contribution in [0.4, 0.5) is 10.5 Å². The number of nitrogens with one attached hydrogen (secondary N) is 1. The van der Waals surface area contributed by atoms with Gasteiger partial charge in [-0.2, -0.15) is 0 Å². The third-order valence-corrected chi connectivity index (χ3v) is 5.04. The highest BCUT2D eigenvalue weighted by Crippen LogP contribution is 2.25. The first-order valence-electron chi connectivity index (χ1n) is 8.35. The molecule has 0 aliphatic rings. The zero-order valence-electron chi connectivity index (χ0n) is 14.6. The molecule has 134 valence electrons. The van der Waals surface area contributed by atoms with Gasteiger partial charge in [-0.15, -0.1) is 11.3 Å². The third-order valence-electron chi connectivity index (χ3n) is 3.72. The molecule has 2 aromatic carbocycles. The fourth-order valence-electron chi connectivity index (χ4n) is 2.60. The molecule has 4 nitrogen and oxygen atoms in total. The van der Waals surface area contributed by atoms with Gasteiger partial charge in [-0.05, 0) is 43.7 Å². The van der Waals surface area contributed by atoms with Gasteiger partial charge in [0, 0.05) is 33.3 Å². The largest absolute Gasteiger partial charge is 0.336 e. The summed E-state index contributed by atoms with van der Waals surface area (Å²) in [5.74, 6) is 0. The first kappa shape index (κ1) is 18.6. The van der Waals surface area contributed by atoms with Crippen LogP contribution in [0.25, 0.3) is 10.6 Å². The predicted octanol–water partition coefficient (Wildman–Crippen LogP) is 5.70. The van der Waals surface area contributed by atoms with Crippen molar-refractivity contribution in [2.45, 2.75) is 26.4 Å². The zero-order valence-corrected chi connectivity index (χ0v) is 17.0. The summed E-state index contributed by atoms with van der Waals surface area (Å²) in [7, 11) is 0. The maximum Gasteiger partial charge on any atom is 0.322 e. The van der Waals surface area contributed by atoms with E-state index in [4.69, 9.17) is 0 Å². The van der Waals surface area contributed by atoms with Gasteiger partial charge in [-0.1, -0.05) is 40.2 Å². The standard InChI is InChI=1S/C20H20BrN3OS/c1-14(2)23-20(25)24(18-8-4-7-17(21)12-18)13-15-5-3-6-16(11-15)19-22-9-10-26-19/h3-12,14H,13H2,1-2H3,(H,23,25). The molecule has 0 bridgehead atoms. The number of aromatic nitrogens is 1. The van der Waals surface area contributed by atoms with Gasteiger partial charge in [0.05, 0.1) is 6.54 Å². The monoisotopic (exact) mass is 429 g/mol. The number of rotatable bonds is 5. The Kier molecular flexibility index (Phi) is 6.06. The van der Waals surface area contributed by atoms with Crippen molar-refractivity contribution in [3.8, 4) is 10.6 Å². The van der Waals surface area contributed by atoms with E-state index in [0.29, 0.717) is 6.54 Å². The normalized spacial score (nSPS) is 10.8. The second-order valence-electron chi connectivity index (χ2n) is 6.21. The average Bonchev–Trinajstić information content (AvgIpc) is 3.14. The van der Waals surface area contributed by atoms with Crippen LogP contribution in [0.2, 0.25) is 0 Å². The Hall–Kier alpha value is -2.18. The number of anilines is 1. The second-order valence-corrected chi connectivity index (χ2v) is 8.02. The number of hydrogen-bond donors (Lipinski definition) is 1. The van der Waals surface area contributed by atoms with E-state index in [9.17, 15) is 4.79 Å². The topological polar surface area (TPSA) is 45.2 Å². The Morgan fingerprint density at radius 2 is 2.04 bits per heavy atom. The van der Waals surface area contributed by atoms with Crippen LogP contribution in [-0.2, 0) is 6.54 Å². The Bertz CT molecular complexity index is 880. The highest BCUT2D eigenvalue weighted by atomic mass is 79.9. The summed E-state index contributed by atoms with van der Waals surface area (Å²) in [4.78, 5) is 18.9. The molecule has 0 fully saturated rings. The summed E-state index contributed by atoms with van der Waals surface area (Å²) in [5.41, 5.74) is 2.96. The predicted molar refractivity (Wildman–Crippen MR) is 112 cm³/mol. The molecule has 0 spiro atoms. The van der Waals surface area contributed by atoms with Crippen molar-refractivity contribution in [2.75, 3.05) is 4.90 Å². The molecule has 0 aliphatic heterocycles. The molecule has 1 heterocycles. The van der Waals surface area contributed by atoms with Crippen LogP contribution in [0.5, 0.6) is 0 Å². The van der Waals surface area contributed by atoms with Crippen LogP contribution in [0, 0.1) is 0 Å². The molecule has 0 unspecified atom stereocenters. The van der Waals surface area contributed by atoms with E-state index in [1.807, 2.05) is 61.7 Å². The molecular weight excluding hydrogens is 410 g/mol. The van der Waals surface area contributed by atoms with E-state index >= 15 is 0 Å². The summed E-state index contributed by atoms with van der Waals surface area (Å²) in [6, 6.07) is 15.9. The Morgan fingerprint density at radius 1 is 1.23 bits per heavy atom. The quantitative estimate of drug-likeness (QED) is 0.565. The number of nitrogens with zero attached hydrogens (tertiary/aromatic N) is 2. The van der Waals surface area contributed by atoms with Crippen molar-refractivity contribution < 1.29 is 4.79 Å². The lowest BCUT2D eigenvalue weighted by Gasteiger charge is -2.25. The number of hydrogen-bond acceptors (Lipinski definition) is 3. The highest BCUT2D eigenvalue weighted by molar-refractivity contribution is 9.10. The molecule has 3 rings (SSSR count). The van der Waals surface area contributed by atoms with Gasteiger partial charge in [0.15, 0.2) is 0 Å². The first-order valence-corrected chi connectivity index (χ1v) is 10.0. The van der Waals surface area contributed by atoms with Crippen molar-refractivity contribution in [3.05, 3.63) is 70.1 Å². The smallest absolute Gasteiger partial charge is 0.322 e. The summed E-state index contributed by atoms with van der Waals surface area (Å²) in [6.07, 6.45) is 1.80. The molecule has 6 heteroatoms. The van der Waals surface area contributed by atoms with E-state index in [-0.39, 0.29) is 12.1 Å². The summed E-state index contributed by atoms with van der Waals surface area (Å²) >= 11 is 5.09. The molecule has 0 aliphatic carbocycles. The van der Waals surface area contributed by atoms with Crippen LogP contribution in [0.15, 0.2) is 64.6 Å². The van der Waals surface area contributed by atoms with Crippen molar-refractivity contribution in [1.82, 2.24) is 10.3 Å². The number of carbonyl (C=O) groups excluding carboxylic acids is 1. The molecule has 0 radical (unpaired) electrons. The number of halogens is 1. The molecule has 2 amide bonds. The van der Waals surface area contributed by atoms with E-state index in [1.165, 1.54) is 0 Å². The summed E-state index contributed by atoms with van der Waals surface area (Å²) < 4.78 is 0.939. The highest BCUT2D eigenvalue weighted by Gasteiger charge is 2.17. The van der Waals surface area contributed by atoms with E-state index < -0.39 is 0 Å². The van der Waals surface area contributed by atoms with Crippen molar-refractivity contribution in [1.29, 1.82) is 0 Å². The fourth-order valence-corrected chi connectivity index (χ4v) is 3.62. The SMILES string of the molecule is CC(C)NC(=O)N(Cc1cccc(-c2nccs2)c1)c1cccc(Br)c1. The fraction of sp³-hybridized carbons (Fsp3) is 0.200. The van der Waals surface area contributed by atoms with Crippen LogP contribution >= 0.6 is 27.3 Å². The minimum Gasteiger partial charge on any atom is -0.336 e. The van der Waals surface area contributed by atoms with Crippen molar-refractivity contribution in [2.24, 2.45) is 0 Å². The second kappa shape index (κ2) is 8.47. The van der Waals surface area contributed by atoms with Crippen LogP contribution in [0.1, 0.15) is 19.4 Å². The van der Waals surface area contributed by atoms with Crippen molar-refractivity contribution >= 4 is 39.0 Å². The molecule has 0 saturated heterocycles. The Labute approximate surface area is 166 Å². The lowest BCUT2D eigenvalue weighted by atomic mass is 10.1. The van der Waals surface area contributed by atoms with Gasteiger partial charge >= 0.3 is 6.03 Å². The van der Waals surface area contributed by atoms with Crippen LogP contribution < -0.4 is 10.2 Å². The molecule has 0 saturated carbocycles.